The molecular formula is C23H26ClN3O4. The van der Waals surface area contributed by atoms with E-state index in [1.54, 1.807) is 23.1 Å². The highest BCUT2D eigenvalue weighted by Crippen LogP contribution is 2.17. The number of carbonyl (C=O) groups excluding carboxylic acids is 3. The SMILES string of the molecule is O=C(NCc1ccccc1Cl)C(=O)NCC1CCN(C(=O)COc2ccccc2)CC1. The fourth-order valence-corrected chi connectivity index (χ4v) is 3.56. The van der Waals surface area contributed by atoms with Crippen LogP contribution in [0.5, 0.6) is 5.75 Å². The van der Waals surface area contributed by atoms with Crippen molar-refractivity contribution in [1.82, 2.24) is 15.5 Å². The first-order valence-corrected chi connectivity index (χ1v) is 10.7. The molecule has 1 aliphatic heterocycles. The molecular weight excluding hydrogens is 418 g/mol. The molecule has 1 heterocycles. The third-order valence-corrected chi connectivity index (χ3v) is 5.60. The van der Waals surface area contributed by atoms with Crippen LogP contribution < -0.4 is 15.4 Å². The number of hydrogen-bond acceptors (Lipinski definition) is 4. The lowest BCUT2D eigenvalue weighted by Gasteiger charge is -2.32. The van der Waals surface area contributed by atoms with Crippen LogP contribution in [-0.2, 0) is 20.9 Å². The van der Waals surface area contributed by atoms with Gasteiger partial charge in [0.25, 0.3) is 5.91 Å². The average molecular weight is 444 g/mol. The lowest BCUT2D eigenvalue weighted by molar-refractivity contribution is -0.139. The molecule has 2 aromatic rings. The van der Waals surface area contributed by atoms with Crippen LogP contribution in [0.15, 0.2) is 54.6 Å². The predicted molar refractivity (Wildman–Crippen MR) is 118 cm³/mol. The lowest BCUT2D eigenvalue weighted by Crippen LogP contribution is -2.45. The number of piperidine rings is 1. The first-order valence-electron chi connectivity index (χ1n) is 10.3. The van der Waals surface area contributed by atoms with Gasteiger partial charge in [-0.15, -0.1) is 0 Å². The highest BCUT2D eigenvalue weighted by atomic mass is 35.5. The molecule has 0 bridgehead atoms. The minimum Gasteiger partial charge on any atom is -0.484 e. The fraction of sp³-hybridized carbons (Fsp3) is 0.348. The zero-order valence-electron chi connectivity index (χ0n) is 17.2. The summed E-state index contributed by atoms with van der Waals surface area (Å²) in [5.41, 5.74) is 0.749. The molecule has 0 unspecified atom stereocenters. The van der Waals surface area contributed by atoms with Gasteiger partial charge < -0.3 is 20.3 Å². The summed E-state index contributed by atoms with van der Waals surface area (Å²) in [6.07, 6.45) is 1.52. The van der Waals surface area contributed by atoms with E-state index >= 15 is 0 Å². The highest BCUT2D eigenvalue weighted by Gasteiger charge is 2.24. The first kappa shape index (κ1) is 22.6. The third kappa shape index (κ3) is 7.00. The molecule has 0 aliphatic carbocycles. The standard InChI is InChI=1S/C23H26ClN3O4/c24-20-9-5-4-6-18(20)15-26-23(30)22(29)25-14-17-10-12-27(13-11-17)21(28)16-31-19-7-2-1-3-8-19/h1-9,17H,10-16H2,(H,25,29)(H,26,30). The van der Waals surface area contributed by atoms with Crippen molar-refractivity contribution in [3.05, 3.63) is 65.2 Å². The Labute approximate surface area is 186 Å². The molecule has 8 heteroatoms. The molecule has 0 spiro atoms. The van der Waals surface area contributed by atoms with E-state index in [2.05, 4.69) is 10.6 Å². The molecule has 3 rings (SSSR count). The minimum absolute atomic E-state index is 0.0109. The summed E-state index contributed by atoms with van der Waals surface area (Å²) in [6.45, 7) is 1.82. The van der Waals surface area contributed by atoms with Gasteiger partial charge in [0.05, 0.1) is 0 Å². The number of nitrogens with one attached hydrogen (secondary N) is 2. The van der Waals surface area contributed by atoms with E-state index < -0.39 is 11.8 Å². The molecule has 1 aliphatic rings. The normalized spacial score (nSPS) is 14.0. The number of para-hydroxylation sites is 1. The van der Waals surface area contributed by atoms with Crippen molar-refractivity contribution in [1.29, 1.82) is 0 Å². The number of benzene rings is 2. The fourth-order valence-electron chi connectivity index (χ4n) is 3.35. The van der Waals surface area contributed by atoms with E-state index in [1.807, 2.05) is 36.4 Å². The second-order valence-electron chi connectivity index (χ2n) is 7.41. The summed E-state index contributed by atoms with van der Waals surface area (Å²) < 4.78 is 5.51. The van der Waals surface area contributed by atoms with Crippen molar-refractivity contribution in [2.45, 2.75) is 19.4 Å². The Hall–Kier alpha value is -3.06. The second kappa shape index (κ2) is 11.4. The van der Waals surface area contributed by atoms with Gasteiger partial charge in [-0.2, -0.15) is 0 Å². The molecule has 1 fully saturated rings. The number of nitrogens with zero attached hydrogens (tertiary/aromatic N) is 1. The van der Waals surface area contributed by atoms with Gasteiger partial charge in [0.15, 0.2) is 6.61 Å². The zero-order valence-corrected chi connectivity index (χ0v) is 17.9. The first-order chi connectivity index (χ1) is 15.0. The Morgan fingerprint density at radius 3 is 2.29 bits per heavy atom. The average Bonchev–Trinajstić information content (AvgIpc) is 2.81. The van der Waals surface area contributed by atoms with Gasteiger partial charge in [-0.05, 0) is 42.5 Å². The van der Waals surface area contributed by atoms with E-state index in [0.29, 0.717) is 30.4 Å². The third-order valence-electron chi connectivity index (χ3n) is 5.23. The molecule has 7 nitrogen and oxygen atoms in total. The molecule has 1 saturated heterocycles. The van der Waals surface area contributed by atoms with Crippen LogP contribution in [0.25, 0.3) is 0 Å². The number of amides is 3. The molecule has 2 aromatic carbocycles. The van der Waals surface area contributed by atoms with Crippen LogP contribution in [-0.4, -0.2) is 48.9 Å². The van der Waals surface area contributed by atoms with E-state index in [0.717, 1.165) is 18.4 Å². The summed E-state index contributed by atoms with van der Waals surface area (Å²) in [4.78, 5) is 38.1. The number of ether oxygens (including phenoxy) is 1. The van der Waals surface area contributed by atoms with Crippen LogP contribution in [0.1, 0.15) is 18.4 Å². The summed E-state index contributed by atoms with van der Waals surface area (Å²) in [5.74, 6) is -0.515. The largest absolute Gasteiger partial charge is 0.484 e. The van der Waals surface area contributed by atoms with Crippen molar-refractivity contribution in [3.63, 3.8) is 0 Å². The van der Waals surface area contributed by atoms with Crippen LogP contribution >= 0.6 is 11.6 Å². The Bertz CT molecular complexity index is 899. The smallest absolute Gasteiger partial charge is 0.309 e. The Kier molecular flexibility index (Phi) is 8.29. The second-order valence-corrected chi connectivity index (χ2v) is 7.82. The number of hydrogen-bond donors (Lipinski definition) is 2. The lowest BCUT2D eigenvalue weighted by atomic mass is 9.96. The van der Waals surface area contributed by atoms with Crippen molar-refractivity contribution in [2.24, 2.45) is 5.92 Å². The molecule has 31 heavy (non-hydrogen) atoms. The van der Waals surface area contributed by atoms with Gasteiger partial charge in [-0.25, -0.2) is 0 Å². The predicted octanol–water partition coefficient (Wildman–Crippen LogP) is 2.39. The van der Waals surface area contributed by atoms with Gasteiger partial charge in [0, 0.05) is 31.2 Å². The summed E-state index contributed by atoms with van der Waals surface area (Å²) >= 11 is 6.05. The number of halogens is 1. The van der Waals surface area contributed by atoms with Crippen LogP contribution in [0.3, 0.4) is 0 Å². The number of rotatable bonds is 7. The van der Waals surface area contributed by atoms with Gasteiger partial charge in [0.2, 0.25) is 0 Å². The summed E-state index contributed by atoms with van der Waals surface area (Å²) in [6, 6.07) is 16.4. The Morgan fingerprint density at radius 1 is 0.935 bits per heavy atom. The zero-order chi connectivity index (χ0) is 22.1. The monoisotopic (exact) mass is 443 g/mol. The maximum atomic E-state index is 12.3. The van der Waals surface area contributed by atoms with Gasteiger partial charge in [-0.3, -0.25) is 14.4 Å². The van der Waals surface area contributed by atoms with Gasteiger partial charge in [0.1, 0.15) is 5.75 Å². The maximum absolute atomic E-state index is 12.3. The van der Waals surface area contributed by atoms with Crippen molar-refractivity contribution in [2.75, 3.05) is 26.2 Å². The molecule has 0 saturated carbocycles. The molecule has 0 atom stereocenters. The van der Waals surface area contributed by atoms with Crippen molar-refractivity contribution < 1.29 is 19.1 Å². The van der Waals surface area contributed by atoms with Crippen molar-refractivity contribution in [3.8, 4) is 5.75 Å². The molecule has 0 aromatic heterocycles. The van der Waals surface area contributed by atoms with E-state index in [4.69, 9.17) is 16.3 Å². The Balaban J connectivity index is 1.33. The maximum Gasteiger partial charge on any atom is 0.309 e. The quantitative estimate of drug-likeness (QED) is 0.643. The van der Waals surface area contributed by atoms with Crippen molar-refractivity contribution >= 4 is 29.3 Å². The van der Waals surface area contributed by atoms with Gasteiger partial charge >= 0.3 is 11.8 Å². The minimum atomic E-state index is -0.689. The molecule has 2 N–H and O–H groups in total. The number of carbonyl (C=O) groups is 3. The van der Waals surface area contributed by atoms with Gasteiger partial charge in [-0.1, -0.05) is 48.0 Å². The molecule has 3 amide bonds. The topological polar surface area (TPSA) is 87.7 Å². The van der Waals surface area contributed by atoms with E-state index in [1.165, 1.54) is 0 Å². The van der Waals surface area contributed by atoms with E-state index in [-0.39, 0.29) is 25.0 Å². The van der Waals surface area contributed by atoms with E-state index in [9.17, 15) is 14.4 Å². The van der Waals surface area contributed by atoms with Crippen LogP contribution in [0.2, 0.25) is 5.02 Å². The van der Waals surface area contributed by atoms with Crippen LogP contribution in [0.4, 0.5) is 0 Å². The number of likely N-dealkylation sites (tertiary alicyclic amines) is 1. The molecule has 0 radical (unpaired) electrons. The summed E-state index contributed by atoms with van der Waals surface area (Å²) in [7, 11) is 0. The summed E-state index contributed by atoms with van der Waals surface area (Å²) in [5, 5.41) is 5.80. The highest BCUT2D eigenvalue weighted by molar-refractivity contribution is 6.35. The van der Waals surface area contributed by atoms with Crippen LogP contribution in [0, 0.1) is 5.92 Å². The Morgan fingerprint density at radius 2 is 1.58 bits per heavy atom. The molecule has 164 valence electrons.